The van der Waals surface area contributed by atoms with E-state index in [2.05, 4.69) is 144 Å². The van der Waals surface area contributed by atoms with Gasteiger partial charge in [0.25, 0.3) is 0 Å². The largest absolute Gasteiger partial charge is 0.303 e. The summed E-state index contributed by atoms with van der Waals surface area (Å²) in [4.78, 5) is 4.69. The van der Waals surface area contributed by atoms with E-state index in [-0.39, 0.29) is 0 Å². The third kappa shape index (κ3) is 4.87. The van der Waals surface area contributed by atoms with Crippen molar-refractivity contribution in [3.8, 4) is 0 Å². The first kappa shape index (κ1) is 22.1. The highest BCUT2D eigenvalue weighted by Gasteiger charge is 2.24. The van der Waals surface area contributed by atoms with Crippen molar-refractivity contribution in [1.82, 2.24) is 0 Å². The van der Waals surface area contributed by atoms with Crippen LogP contribution in [0.25, 0.3) is 0 Å². The third-order valence-corrected chi connectivity index (χ3v) is 6.69. The molecule has 4 aromatic rings. The number of hydrogen-bond donors (Lipinski definition) is 0. The van der Waals surface area contributed by atoms with E-state index < -0.39 is 0 Å². The van der Waals surface area contributed by atoms with Gasteiger partial charge in [-0.05, 0) is 61.0 Å². The molecular formula is C28H26N2S2. The lowest BCUT2D eigenvalue weighted by Crippen LogP contribution is -2.23. The SMILES string of the molecule is CS/C(=C(\SC)N(c1ccccc1)c1ccccc1)N(c1ccccc1)c1ccccc1. The van der Waals surface area contributed by atoms with Crippen molar-refractivity contribution in [2.75, 3.05) is 22.3 Å². The molecule has 0 fully saturated rings. The Morgan fingerprint density at radius 2 is 0.625 bits per heavy atom. The Morgan fingerprint density at radius 3 is 0.812 bits per heavy atom. The van der Waals surface area contributed by atoms with Gasteiger partial charge in [-0.15, -0.1) is 23.5 Å². The summed E-state index contributed by atoms with van der Waals surface area (Å²) < 4.78 is 0. The van der Waals surface area contributed by atoms with E-state index in [0.717, 1.165) is 22.7 Å². The molecule has 4 heteroatoms. The first-order chi connectivity index (χ1) is 15.8. The molecule has 0 spiro atoms. The van der Waals surface area contributed by atoms with Crippen LogP contribution in [0.5, 0.6) is 0 Å². The Morgan fingerprint density at radius 1 is 0.406 bits per heavy atom. The Labute approximate surface area is 199 Å². The molecule has 0 aliphatic carbocycles. The van der Waals surface area contributed by atoms with Crippen LogP contribution in [-0.4, -0.2) is 12.5 Å². The highest BCUT2D eigenvalue weighted by Crippen LogP contribution is 2.43. The Kier molecular flexibility index (Phi) is 7.59. The molecule has 0 radical (unpaired) electrons. The minimum Gasteiger partial charge on any atom is -0.303 e. The van der Waals surface area contributed by atoms with Crippen molar-refractivity contribution in [3.63, 3.8) is 0 Å². The van der Waals surface area contributed by atoms with Crippen LogP contribution in [0.1, 0.15) is 0 Å². The van der Waals surface area contributed by atoms with Crippen LogP contribution in [-0.2, 0) is 0 Å². The predicted molar refractivity (Wildman–Crippen MR) is 144 cm³/mol. The van der Waals surface area contributed by atoms with Crippen LogP contribution in [0, 0.1) is 0 Å². The van der Waals surface area contributed by atoms with Gasteiger partial charge in [0.15, 0.2) is 0 Å². The van der Waals surface area contributed by atoms with Gasteiger partial charge in [-0.2, -0.15) is 0 Å². The summed E-state index contributed by atoms with van der Waals surface area (Å²) in [5.41, 5.74) is 4.54. The third-order valence-electron chi connectivity index (χ3n) is 5.03. The highest BCUT2D eigenvalue weighted by atomic mass is 32.2. The molecule has 2 nitrogen and oxygen atoms in total. The first-order valence-electron chi connectivity index (χ1n) is 10.5. The molecule has 0 saturated heterocycles. The van der Waals surface area contributed by atoms with Crippen LogP contribution in [0.15, 0.2) is 131 Å². The Hall–Kier alpha value is -3.08. The second-order valence-electron chi connectivity index (χ2n) is 7.03. The fourth-order valence-electron chi connectivity index (χ4n) is 3.62. The predicted octanol–water partition coefficient (Wildman–Crippen LogP) is 8.52. The van der Waals surface area contributed by atoms with Gasteiger partial charge in [0.05, 0.1) is 0 Å². The second kappa shape index (κ2) is 11.0. The number of hydrogen-bond acceptors (Lipinski definition) is 4. The lowest BCUT2D eigenvalue weighted by atomic mass is 10.2. The summed E-state index contributed by atoms with van der Waals surface area (Å²) in [7, 11) is 0. The van der Waals surface area contributed by atoms with Crippen molar-refractivity contribution in [2.24, 2.45) is 0 Å². The quantitative estimate of drug-likeness (QED) is 0.263. The number of para-hydroxylation sites is 4. The summed E-state index contributed by atoms with van der Waals surface area (Å²) >= 11 is 3.52. The van der Waals surface area contributed by atoms with Crippen LogP contribution < -0.4 is 9.80 Å². The van der Waals surface area contributed by atoms with Crippen LogP contribution in [0.4, 0.5) is 22.7 Å². The maximum atomic E-state index is 2.34. The molecule has 0 aliphatic rings. The molecule has 0 atom stereocenters. The lowest BCUT2D eigenvalue weighted by Gasteiger charge is -2.33. The van der Waals surface area contributed by atoms with Crippen LogP contribution in [0.3, 0.4) is 0 Å². The summed E-state index contributed by atoms with van der Waals surface area (Å²) in [5.74, 6) is 0. The van der Waals surface area contributed by atoms with Gasteiger partial charge in [0.1, 0.15) is 10.1 Å². The Balaban J connectivity index is 1.97. The zero-order valence-corrected chi connectivity index (χ0v) is 19.9. The smallest absolute Gasteiger partial charge is 0.111 e. The second-order valence-corrected chi connectivity index (χ2v) is 8.62. The minimum atomic E-state index is 1.13. The van der Waals surface area contributed by atoms with E-state index in [1.165, 1.54) is 10.1 Å². The van der Waals surface area contributed by atoms with Crippen molar-refractivity contribution >= 4 is 46.3 Å². The molecule has 0 heterocycles. The Bertz CT molecular complexity index is 959. The average molecular weight is 455 g/mol. The number of nitrogens with zero attached hydrogens (tertiary/aromatic N) is 2. The number of anilines is 4. The fraction of sp³-hybridized carbons (Fsp3) is 0.0714. The molecule has 0 bridgehead atoms. The van der Waals surface area contributed by atoms with Crippen LogP contribution in [0.2, 0.25) is 0 Å². The molecule has 0 saturated carbocycles. The topological polar surface area (TPSA) is 6.48 Å². The number of thioether (sulfide) groups is 2. The molecule has 32 heavy (non-hydrogen) atoms. The van der Waals surface area contributed by atoms with E-state index in [1.807, 2.05) is 0 Å². The van der Waals surface area contributed by atoms with E-state index in [9.17, 15) is 0 Å². The van der Waals surface area contributed by atoms with Gasteiger partial charge >= 0.3 is 0 Å². The van der Waals surface area contributed by atoms with Gasteiger partial charge in [-0.1, -0.05) is 72.8 Å². The van der Waals surface area contributed by atoms with Gasteiger partial charge < -0.3 is 9.80 Å². The molecule has 0 N–H and O–H groups in total. The maximum Gasteiger partial charge on any atom is 0.111 e. The molecule has 0 aromatic heterocycles. The standard InChI is InChI=1S/C28H26N2S2/c1-31-27(29(23-15-7-3-8-16-23)24-17-9-4-10-18-24)28(32-2)30(25-19-11-5-12-20-25)26-21-13-6-14-22-26/h3-22H,1-2H3/b28-27-. The molecule has 0 unspecified atom stereocenters. The number of benzene rings is 4. The van der Waals surface area contributed by atoms with Gasteiger partial charge in [0, 0.05) is 22.7 Å². The fourth-order valence-corrected chi connectivity index (χ4v) is 5.44. The van der Waals surface area contributed by atoms with E-state index in [0.29, 0.717) is 0 Å². The summed E-state index contributed by atoms with van der Waals surface area (Å²) in [6, 6.07) is 42.3. The van der Waals surface area contributed by atoms with Gasteiger partial charge in [-0.25, -0.2) is 0 Å². The lowest BCUT2D eigenvalue weighted by molar-refractivity contribution is 1.18. The monoisotopic (exact) mass is 454 g/mol. The summed E-state index contributed by atoms with van der Waals surface area (Å²) in [6.07, 6.45) is 4.30. The minimum absolute atomic E-state index is 1.13. The van der Waals surface area contributed by atoms with Gasteiger partial charge in [-0.3, -0.25) is 0 Å². The van der Waals surface area contributed by atoms with Crippen molar-refractivity contribution in [1.29, 1.82) is 0 Å². The summed E-state index contributed by atoms with van der Waals surface area (Å²) in [6.45, 7) is 0. The summed E-state index contributed by atoms with van der Waals surface area (Å²) in [5, 5.41) is 2.34. The van der Waals surface area contributed by atoms with E-state index in [4.69, 9.17) is 0 Å². The van der Waals surface area contributed by atoms with E-state index in [1.54, 1.807) is 23.5 Å². The molecule has 160 valence electrons. The average Bonchev–Trinajstić information content (AvgIpc) is 2.88. The molecule has 0 amide bonds. The highest BCUT2D eigenvalue weighted by molar-refractivity contribution is 8.06. The van der Waals surface area contributed by atoms with Crippen LogP contribution >= 0.6 is 23.5 Å². The first-order valence-corrected chi connectivity index (χ1v) is 12.9. The normalized spacial score (nSPS) is 11.6. The van der Waals surface area contributed by atoms with E-state index >= 15 is 0 Å². The zero-order valence-electron chi connectivity index (χ0n) is 18.3. The van der Waals surface area contributed by atoms with Crippen molar-refractivity contribution in [2.45, 2.75) is 0 Å². The maximum absolute atomic E-state index is 2.34. The number of rotatable bonds is 8. The molecule has 0 aliphatic heterocycles. The molecular weight excluding hydrogens is 428 g/mol. The zero-order chi connectivity index (χ0) is 22.2. The van der Waals surface area contributed by atoms with Crippen molar-refractivity contribution < 1.29 is 0 Å². The molecule has 4 rings (SSSR count). The van der Waals surface area contributed by atoms with Gasteiger partial charge in [0.2, 0.25) is 0 Å². The molecule has 4 aromatic carbocycles. The van der Waals surface area contributed by atoms with Crippen molar-refractivity contribution in [3.05, 3.63) is 131 Å².